The largest absolute Gasteiger partial charge is 0.508 e. The second kappa shape index (κ2) is 9.96. The van der Waals surface area contributed by atoms with E-state index < -0.39 is 27.2 Å². The first-order chi connectivity index (χ1) is 12.4. The minimum absolute atomic E-state index is 0.00309. The van der Waals surface area contributed by atoms with Gasteiger partial charge in [0.1, 0.15) is 11.8 Å². The lowest BCUT2D eigenvalue weighted by molar-refractivity contribution is -0.142. The van der Waals surface area contributed by atoms with Crippen LogP contribution in [0.1, 0.15) is 5.56 Å². The van der Waals surface area contributed by atoms with Crippen LogP contribution >= 0.6 is 15.2 Å². The van der Waals surface area contributed by atoms with Crippen LogP contribution in [0.4, 0.5) is 0 Å². The Labute approximate surface area is 155 Å². The number of aliphatic carboxylic acids is 1. The van der Waals surface area contributed by atoms with Gasteiger partial charge in [0, 0.05) is 24.7 Å². The van der Waals surface area contributed by atoms with E-state index in [0.29, 0.717) is 17.2 Å². The number of phenolic OH excluding ortho intramolecular Hbond substituents is 1. The number of carboxylic acid groups (broad SMARTS) is 1. The third-order valence-electron chi connectivity index (χ3n) is 3.37. The van der Waals surface area contributed by atoms with Crippen LogP contribution in [0.15, 0.2) is 48.1 Å². The zero-order chi connectivity index (χ0) is 20.7. The number of hydrogen-bond donors (Lipinski definition) is 6. The van der Waals surface area contributed by atoms with Crippen LogP contribution in [-0.4, -0.2) is 59.8 Å². The summed E-state index contributed by atoms with van der Waals surface area (Å²) in [6.45, 7) is -0.350. The van der Waals surface area contributed by atoms with Crippen LogP contribution < -0.4 is 0 Å². The average Bonchev–Trinajstić information content (AvgIpc) is 2.50. The number of benzene rings is 1. The number of phenols is 1. The van der Waals surface area contributed by atoms with Crippen LogP contribution in [-0.2, 0) is 20.3 Å². The fraction of sp³-hybridized carbons (Fsp3) is 0.267. The molecule has 1 rings (SSSR count). The zero-order valence-electron chi connectivity index (χ0n) is 14.1. The molecule has 0 aromatic heterocycles. The van der Waals surface area contributed by atoms with E-state index in [-0.39, 0.29) is 25.3 Å². The third kappa shape index (κ3) is 10.2. The predicted molar refractivity (Wildman–Crippen MR) is 97.2 cm³/mol. The molecule has 0 saturated carbocycles. The van der Waals surface area contributed by atoms with Gasteiger partial charge in [-0.15, -0.1) is 0 Å². The Morgan fingerprint density at radius 2 is 1.41 bits per heavy atom. The highest BCUT2D eigenvalue weighted by Gasteiger charge is 2.25. The van der Waals surface area contributed by atoms with Gasteiger partial charge < -0.3 is 29.8 Å². The summed E-state index contributed by atoms with van der Waals surface area (Å²) < 4.78 is 21.8. The number of hydrogen-bond acceptors (Lipinski definition) is 5. The number of nitrogens with zero attached hydrogens (tertiary/aromatic N) is 1. The molecule has 0 fully saturated rings. The highest BCUT2D eigenvalue weighted by Crippen LogP contribution is 2.36. The molecule has 0 amide bonds. The zero-order valence-corrected chi connectivity index (χ0v) is 15.9. The summed E-state index contributed by atoms with van der Waals surface area (Å²) in [6, 6.07) is 4.69. The normalized spacial score (nSPS) is 14.3. The topological polar surface area (TPSA) is 176 Å². The Hall–Kier alpha value is -1.77. The summed E-state index contributed by atoms with van der Waals surface area (Å²) in [5, 5.41) is 18.8. The highest BCUT2D eigenvalue weighted by atomic mass is 31.2. The number of carbonyl (C=O) groups is 1. The molecule has 0 radical (unpaired) electrons. The van der Waals surface area contributed by atoms with Crippen molar-refractivity contribution in [2.24, 2.45) is 0 Å². The summed E-state index contributed by atoms with van der Waals surface area (Å²) in [5.74, 6) is 0.0482. The summed E-state index contributed by atoms with van der Waals surface area (Å²) in [7, 11) is -8.85. The Morgan fingerprint density at radius 3 is 1.78 bits per heavy atom. The Morgan fingerprint density at radius 1 is 0.963 bits per heavy atom. The summed E-state index contributed by atoms with van der Waals surface area (Å²) >= 11 is 0. The first-order valence-corrected chi connectivity index (χ1v) is 10.9. The lowest BCUT2D eigenvalue weighted by Crippen LogP contribution is -2.43. The number of rotatable bonds is 10. The van der Waals surface area contributed by atoms with E-state index >= 15 is 0 Å². The summed E-state index contributed by atoms with van der Waals surface area (Å²) in [4.78, 5) is 48.5. The van der Waals surface area contributed by atoms with E-state index in [0.717, 1.165) is 12.2 Å². The Bertz CT molecular complexity index is 745. The maximum Gasteiger partial charge on any atom is 0.348 e. The minimum Gasteiger partial charge on any atom is -0.508 e. The van der Waals surface area contributed by atoms with Gasteiger partial charge in [-0.25, -0.2) is 0 Å². The molecular weight excluding hydrogens is 400 g/mol. The minimum atomic E-state index is -4.43. The van der Waals surface area contributed by atoms with Crippen molar-refractivity contribution in [3.63, 3.8) is 0 Å². The molecule has 0 heterocycles. The SMILES string of the molecule is O=C(O)[C@H](Cc1ccc(O)cc1)N(CC=CP(=O)(O)O)CC=CP(=O)(O)O. The van der Waals surface area contributed by atoms with Crippen molar-refractivity contribution in [1.29, 1.82) is 0 Å². The summed E-state index contributed by atoms with van der Waals surface area (Å²) in [6.07, 6.45) is 2.20. The van der Waals surface area contributed by atoms with E-state index in [9.17, 15) is 24.1 Å². The lowest BCUT2D eigenvalue weighted by atomic mass is 10.0. The van der Waals surface area contributed by atoms with Gasteiger partial charge in [0.25, 0.3) is 0 Å². The van der Waals surface area contributed by atoms with Crippen molar-refractivity contribution in [3.05, 3.63) is 53.6 Å². The quantitative estimate of drug-likeness (QED) is 0.300. The van der Waals surface area contributed by atoms with Crippen molar-refractivity contribution >= 4 is 21.2 Å². The van der Waals surface area contributed by atoms with E-state index in [4.69, 9.17) is 19.6 Å². The predicted octanol–water partition coefficient (Wildman–Crippen LogP) is 1.07. The molecule has 0 aliphatic rings. The second-order valence-corrected chi connectivity index (χ2v) is 8.58. The average molecular weight is 421 g/mol. The van der Waals surface area contributed by atoms with Crippen LogP contribution in [0.5, 0.6) is 5.75 Å². The molecule has 27 heavy (non-hydrogen) atoms. The maximum absolute atomic E-state index is 11.7. The Kier molecular flexibility index (Phi) is 8.59. The van der Waals surface area contributed by atoms with E-state index in [1.165, 1.54) is 29.2 Å². The molecule has 1 atom stereocenters. The molecule has 0 aliphatic heterocycles. The monoisotopic (exact) mass is 421 g/mol. The van der Waals surface area contributed by atoms with Gasteiger partial charge in [0.15, 0.2) is 0 Å². The molecule has 0 spiro atoms. The summed E-state index contributed by atoms with van der Waals surface area (Å²) in [5.41, 5.74) is 0.586. The first-order valence-electron chi connectivity index (χ1n) is 7.58. The van der Waals surface area contributed by atoms with Crippen molar-refractivity contribution in [2.45, 2.75) is 12.5 Å². The second-order valence-electron chi connectivity index (χ2n) is 5.63. The van der Waals surface area contributed by atoms with Gasteiger partial charge >= 0.3 is 21.2 Å². The van der Waals surface area contributed by atoms with Crippen LogP contribution in [0.2, 0.25) is 0 Å². The van der Waals surface area contributed by atoms with E-state index in [2.05, 4.69) is 0 Å². The molecule has 12 heteroatoms. The van der Waals surface area contributed by atoms with Crippen LogP contribution in [0.25, 0.3) is 0 Å². The van der Waals surface area contributed by atoms with Gasteiger partial charge in [0.2, 0.25) is 0 Å². The maximum atomic E-state index is 11.7. The molecule has 10 nitrogen and oxygen atoms in total. The van der Waals surface area contributed by atoms with E-state index in [1.807, 2.05) is 0 Å². The molecule has 0 unspecified atom stereocenters. The van der Waals surface area contributed by atoms with Crippen LogP contribution in [0, 0.1) is 0 Å². The van der Waals surface area contributed by atoms with Crippen molar-refractivity contribution in [1.82, 2.24) is 4.90 Å². The smallest absolute Gasteiger partial charge is 0.348 e. The van der Waals surface area contributed by atoms with Gasteiger partial charge in [-0.05, 0) is 24.1 Å². The molecule has 0 aliphatic carbocycles. The van der Waals surface area contributed by atoms with Crippen molar-refractivity contribution in [3.8, 4) is 5.75 Å². The van der Waals surface area contributed by atoms with E-state index in [1.54, 1.807) is 0 Å². The van der Waals surface area contributed by atoms with Gasteiger partial charge in [-0.3, -0.25) is 18.8 Å². The highest BCUT2D eigenvalue weighted by molar-refractivity contribution is 7.55. The van der Waals surface area contributed by atoms with Gasteiger partial charge in [0.05, 0.1) is 0 Å². The lowest BCUT2D eigenvalue weighted by Gasteiger charge is -2.27. The van der Waals surface area contributed by atoms with Gasteiger partial charge in [-0.1, -0.05) is 24.3 Å². The molecule has 6 N–H and O–H groups in total. The first kappa shape index (κ1) is 23.3. The van der Waals surface area contributed by atoms with Crippen molar-refractivity contribution < 1.29 is 43.7 Å². The van der Waals surface area contributed by atoms with Crippen molar-refractivity contribution in [2.75, 3.05) is 13.1 Å². The number of aromatic hydroxyl groups is 1. The Balaban J connectivity index is 3.04. The standard InChI is InChI=1S/C15H21NO9P2/c17-13-5-3-12(4-6-13)11-14(15(18)19)16(7-1-9-26(20,21)22)8-2-10-27(23,24)25/h1-6,9-10,14,17H,7-8,11H2,(H,18,19)(H2,20,21,22)(H2,23,24,25)/t14-/m0/s1. The third-order valence-corrected chi connectivity index (χ3v) is 4.57. The number of carboxylic acids is 1. The molecule has 0 bridgehead atoms. The molecule has 0 saturated heterocycles. The molecule has 1 aromatic carbocycles. The van der Waals surface area contributed by atoms with Gasteiger partial charge in [-0.2, -0.15) is 0 Å². The molecule has 150 valence electrons. The fourth-order valence-electron chi connectivity index (χ4n) is 2.20. The molecule has 1 aromatic rings. The van der Waals surface area contributed by atoms with Crippen LogP contribution in [0.3, 0.4) is 0 Å². The molecular formula is C15H21NO9P2. The fourth-order valence-corrected chi connectivity index (χ4v) is 2.93.